The number of anilines is 1. The van der Waals surface area contributed by atoms with Crippen molar-refractivity contribution in [2.24, 2.45) is 0 Å². The predicted molar refractivity (Wildman–Crippen MR) is 81.1 cm³/mol. The largest absolute Gasteiger partial charge is 0.383 e. The summed E-state index contributed by atoms with van der Waals surface area (Å²) in [6, 6.07) is 16.1. The molecule has 0 fully saturated rings. The number of fused-ring (bicyclic) bond motifs is 1. The first-order chi connectivity index (χ1) is 9.72. The first-order valence-corrected chi connectivity index (χ1v) is 6.92. The van der Waals surface area contributed by atoms with E-state index in [4.69, 9.17) is 0 Å². The molecular weight excluding hydrogens is 248 g/mol. The number of hydrogen-bond acceptors (Lipinski definition) is 2. The summed E-state index contributed by atoms with van der Waals surface area (Å²) in [4.78, 5) is 12.2. The van der Waals surface area contributed by atoms with Crippen LogP contribution in [0, 0.1) is 6.92 Å². The molecular formula is C17H18N2O. The van der Waals surface area contributed by atoms with Gasteiger partial charge in [0.2, 0.25) is 0 Å². The van der Waals surface area contributed by atoms with Crippen molar-refractivity contribution < 1.29 is 4.79 Å². The van der Waals surface area contributed by atoms with Crippen LogP contribution in [-0.4, -0.2) is 18.5 Å². The van der Waals surface area contributed by atoms with Crippen LogP contribution in [0.25, 0.3) is 0 Å². The third-order valence-electron chi connectivity index (χ3n) is 3.64. The fourth-order valence-electron chi connectivity index (χ4n) is 2.60. The van der Waals surface area contributed by atoms with Crippen molar-refractivity contribution in [1.29, 1.82) is 0 Å². The SMILES string of the molecule is Cc1cccc(C(=O)NC2CNc3ccccc3C2)c1. The Bertz CT molecular complexity index is 636. The van der Waals surface area contributed by atoms with E-state index in [1.165, 1.54) is 11.3 Å². The molecule has 0 saturated carbocycles. The lowest BCUT2D eigenvalue weighted by molar-refractivity contribution is 0.0938. The first-order valence-electron chi connectivity index (χ1n) is 6.92. The van der Waals surface area contributed by atoms with Crippen LogP contribution >= 0.6 is 0 Å². The van der Waals surface area contributed by atoms with Gasteiger partial charge in [-0.25, -0.2) is 0 Å². The standard InChI is InChI=1S/C17H18N2O/c1-12-5-4-7-14(9-12)17(20)19-15-10-13-6-2-3-8-16(13)18-11-15/h2-9,15,18H,10-11H2,1H3,(H,19,20). The van der Waals surface area contributed by atoms with Gasteiger partial charge in [0.05, 0.1) is 6.04 Å². The van der Waals surface area contributed by atoms with Gasteiger partial charge in [0.1, 0.15) is 0 Å². The van der Waals surface area contributed by atoms with E-state index in [1.807, 2.05) is 43.3 Å². The molecule has 0 aliphatic carbocycles. The molecule has 1 amide bonds. The van der Waals surface area contributed by atoms with Gasteiger partial charge in [-0.2, -0.15) is 0 Å². The molecule has 2 N–H and O–H groups in total. The minimum absolute atomic E-state index is 0.000110. The normalized spacial score (nSPS) is 16.9. The number of para-hydroxylation sites is 1. The average molecular weight is 266 g/mol. The fourth-order valence-corrected chi connectivity index (χ4v) is 2.60. The Balaban J connectivity index is 1.69. The quantitative estimate of drug-likeness (QED) is 0.877. The Hall–Kier alpha value is -2.29. The summed E-state index contributed by atoms with van der Waals surface area (Å²) in [6.07, 6.45) is 0.876. The number of benzene rings is 2. The lowest BCUT2D eigenvalue weighted by Gasteiger charge is -2.27. The molecule has 0 radical (unpaired) electrons. The molecule has 3 rings (SSSR count). The Morgan fingerprint density at radius 1 is 1.20 bits per heavy atom. The van der Waals surface area contributed by atoms with Gasteiger partial charge in [0, 0.05) is 17.8 Å². The summed E-state index contributed by atoms with van der Waals surface area (Å²) >= 11 is 0. The number of carbonyl (C=O) groups excluding carboxylic acids is 1. The van der Waals surface area contributed by atoms with Gasteiger partial charge in [-0.3, -0.25) is 4.79 Å². The molecule has 1 heterocycles. The van der Waals surface area contributed by atoms with Crippen LogP contribution in [0.15, 0.2) is 48.5 Å². The van der Waals surface area contributed by atoms with E-state index in [0.717, 1.165) is 24.1 Å². The van der Waals surface area contributed by atoms with E-state index in [-0.39, 0.29) is 11.9 Å². The summed E-state index contributed by atoms with van der Waals surface area (Å²) in [5.74, 6) is -0.000110. The van der Waals surface area contributed by atoms with Gasteiger partial charge in [-0.05, 0) is 37.1 Å². The van der Waals surface area contributed by atoms with Crippen LogP contribution in [0.2, 0.25) is 0 Å². The lowest BCUT2D eigenvalue weighted by Crippen LogP contribution is -2.43. The third-order valence-corrected chi connectivity index (χ3v) is 3.64. The van der Waals surface area contributed by atoms with Crippen LogP contribution < -0.4 is 10.6 Å². The zero-order valence-corrected chi connectivity index (χ0v) is 11.5. The van der Waals surface area contributed by atoms with E-state index in [1.54, 1.807) is 0 Å². The summed E-state index contributed by atoms with van der Waals surface area (Å²) in [7, 11) is 0. The zero-order valence-electron chi connectivity index (χ0n) is 11.5. The molecule has 0 spiro atoms. The minimum Gasteiger partial charge on any atom is -0.383 e. The second kappa shape index (κ2) is 5.37. The van der Waals surface area contributed by atoms with Crippen molar-refractivity contribution in [2.45, 2.75) is 19.4 Å². The van der Waals surface area contributed by atoms with Crippen molar-refractivity contribution in [3.8, 4) is 0 Å². The first kappa shape index (κ1) is 12.7. The van der Waals surface area contributed by atoms with E-state index < -0.39 is 0 Å². The maximum absolute atomic E-state index is 12.2. The molecule has 20 heavy (non-hydrogen) atoms. The molecule has 1 aliphatic rings. The Morgan fingerprint density at radius 3 is 2.90 bits per heavy atom. The van der Waals surface area contributed by atoms with Gasteiger partial charge >= 0.3 is 0 Å². The Kier molecular flexibility index (Phi) is 3.42. The van der Waals surface area contributed by atoms with Crippen molar-refractivity contribution in [3.05, 3.63) is 65.2 Å². The maximum Gasteiger partial charge on any atom is 0.251 e. The summed E-state index contributed by atoms with van der Waals surface area (Å²) in [6.45, 7) is 2.77. The van der Waals surface area contributed by atoms with Gasteiger partial charge in [0.25, 0.3) is 5.91 Å². The predicted octanol–water partition coefficient (Wildman–Crippen LogP) is 2.76. The summed E-state index contributed by atoms with van der Waals surface area (Å²) in [5, 5.41) is 6.47. The van der Waals surface area contributed by atoms with Crippen molar-refractivity contribution in [3.63, 3.8) is 0 Å². The second-order valence-corrected chi connectivity index (χ2v) is 5.28. The second-order valence-electron chi connectivity index (χ2n) is 5.28. The smallest absolute Gasteiger partial charge is 0.251 e. The molecule has 2 aromatic rings. The van der Waals surface area contributed by atoms with Gasteiger partial charge in [0.15, 0.2) is 0 Å². The molecule has 0 aromatic heterocycles. The van der Waals surface area contributed by atoms with Crippen molar-refractivity contribution >= 4 is 11.6 Å². The topological polar surface area (TPSA) is 41.1 Å². The number of aryl methyl sites for hydroxylation is 1. The summed E-state index contributed by atoms with van der Waals surface area (Å²) < 4.78 is 0. The van der Waals surface area contributed by atoms with E-state index in [9.17, 15) is 4.79 Å². The van der Waals surface area contributed by atoms with Crippen LogP contribution in [0.4, 0.5) is 5.69 Å². The van der Waals surface area contributed by atoms with E-state index >= 15 is 0 Å². The molecule has 1 aliphatic heterocycles. The highest BCUT2D eigenvalue weighted by Crippen LogP contribution is 2.21. The van der Waals surface area contributed by atoms with Crippen LogP contribution in [0.1, 0.15) is 21.5 Å². The number of carbonyl (C=O) groups is 1. The zero-order chi connectivity index (χ0) is 13.9. The van der Waals surface area contributed by atoms with E-state index in [0.29, 0.717) is 0 Å². The summed E-state index contributed by atoms with van der Waals surface area (Å²) in [5.41, 5.74) is 4.26. The Labute approximate surface area is 119 Å². The number of amides is 1. The monoisotopic (exact) mass is 266 g/mol. The van der Waals surface area contributed by atoms with Gasteiger partial charge < -0.3 is 10.6 Å². The molecule has 3 heteroatoms. The molecule has 102 valence electrons. The van der Waals surface area contributed by atoms with Gasteiger partial charge in [-0.15, -0.1) is 0 Å². The molecule has 2 aromatic carbocycles. The average Bonchev–Trinajstić information content (AvgIpc) is 2.47. The molecule has 0 bridgehead atoms. The minimum atomic E-state index is -0.000110. The van der Waals surface area contributed by atoms with Crippen molar-refractivity contribution in [2.75, 3.05) is 11.9 Å². The highest BCUT2D eigenvalue weighted by atomic mass is 16.1. The van der Waals surface area contributed by atoms with Crippen LogP contribution in [0.3, 0.4) is 0 Å². The molecule has 3 nitrogen and oxygen atoms in total. The Morgan fingerprint density at radius 2 is 2.05 bits per heavy atom. The molecule has 0 saturated heterocycles. The number of nitrogens with one attached hydrogen (secondary N) is 2. The highest BCUT2D eigenvalue weighted by Gasteiger charge is 2.19. The van der Waals surface area contributed by atoms with Crippen LogP contribution in [0.5, 0.6) is 0 Å². The third kappa shape index (κ3) is 2.67. The van der Waals surface area contributed by atoms with Crippen LogP contribution in [-0.2, 0) is 6.42 Å². The number of hydrogen-bond donors (Lipinski definition) is 2. The number of rotatable bonds is 2. The van der Waals surface area contributed by atoms with E-state index in [2.05, 4.69) is 22.8 Å². The fraction of sp³-hybridized carbons (Fsp3) is 0.235. The van der Waals surface area contributed by atoms with Crippen molar-refractivity contribution in [1.82, 2.24) is 5.32 Å². The maximum atomic E-state index is 12.2. The molecule has 1 unspecified atom stereocenters. The highest BCUT2D eigenvalue weighted by molar-refractivity contribution is 5.94. The molecule has 1 atom stereocenters. The van der Waals surface area contributed by atoms with Gasteiger partial charge in [-0.1, -0.05) is 35.9 Å². The lowest BCUT2D eigenvalue weighted by atomic mass is 9.99.